The van der Waals surface area contributed by atoms with E-state index in [9.17, 15) is 14.0 Å². The highest BCUT2D eigenvalue weighted by Crippen LogP contribution is 2.26. The number of hydrogen-bond acceptors (Lipinski definition) is 4. The summed E-state index contributed by atoms with van der Waals surface area (Å²) in [6.07, 6.45) is 1.91. The van der Waals surface area contributed by atoms with Crippen molar-refractivity contribution in [1.29, 1.82) is 0 Å². The van der Waals surface area contributed by atoms with Crippen molar-refractivity contribution in [1.82, 2.24) is 10.2 Å². The van der Waals surface area contributed by atoms with Crippen LogP contribution in [0.25, 0.3) is 0 Å². The van der Waals surface area contributed by atoms with Crippen molar-refractivity contribution >= 4 is 23.6 Å². The second-order valence-corrected chi connectivity index (χ2v) is 7.01. The number of amides is 1. The van der Waals surface area contributed by atoms with E-state index in [2.05, 4.69) is 5.32 Å². The highest BCUT2D eigenvalue weighted by atomic mass is 32.2. The Kier molecular flexibility index (Phi) is 7.05. The Hall–Kier alpha value is -1.60. The number of carboxylic acid groups (broad SMARTS) is 1. The van der Waals surface area contributed by atoms with E-state index >= 15 is 0 Å². The predicted octanol–water partition coefficient (Wildman–Crippen LogP) is 2.36. The molecule has 0 atom stereocenters. The third-order valence-electron chi connectivity index (χ3n) is 4.16. The number of carbonyl (C=O) groups excluding carboxylic acids is 1. The molecule has 0 heterocycles. The smallest absolute Gasteiger partial charge is 0.317 e. The fraction of sp³-hybridized carbons (Fsp3) is 0.529. The van der Waals surface area contributed by atoms with Crippen LogP contribution in [-0.4, -0.2) is 52.8 Å². The van der Waals surface area contributed by atoms with Crippen molar-refractivity contribution in [3.05, 3.63) is 30.1 Å². The number of benzene rings is 1. The Morgan fingerprint density at radius 1 is 1.38 bits per heavy atom. The summed E-state index contributed by atoms with van der Waals surface area (Å²) in [5.74, 6) is -0.593. The fourth-order valence-electron chi connectivity index (χ4n) is 2.79. The van der Waals surface area contributed by atoms with E-state index in [0.29, 0.717) is 23.6 Å². The lowest BCUT2D eigenvalue weighted by molar-refractivity contribution is -0.139. The van der Waals surface area contributed by atoms with Gasteiger partial charge in [0.05, 0.1) is 6.54 Å². The first-order valence-corrected chi connectivity index (χ1v) is 9.10. The summed E-state index contributed by atoms with van der Waals surface area (Å²) < 4.78 is 13.5. The van der Waals surface area contributed by atoms with E-state index < -0.39 is 5.97 Å². The molecule has 2 rings (SSSR count). The zero-order chi connectivity index (χ0) is 17.5. The number of hydrogen-bond donors (Lipinski definition) is 2. The molecule has 1 aromatic rings. The molecule has 2 N–H and O–H groups in total. The molecule has 0 unspecified atom stereocenters. The largest absolute Gasteiger partial charge is 0.480 e. The second kappa shape index (κ2) is 9.03. The van der Waals surface area contributed by atoms with Gasteiger partial charge < -0.3 is 10.4 Å². The second-order valence-electron chi connectivity index (χ2n) is 5.88. The lowest BCUT2D eigenvalue weighted by Gasteiger charge is -2.42. The summed E-state index contributed by atoms with van der Waals surface area (Å²) in [6, 6.07) is 6.87. The number of carbonyl (C=O) groups is 2. The molecule has 5 nitrogen and oxygen atoms in total. The lowest BCUT2D eigenvalue weighted by atomic mass is 9.85. The number of aliphatic carboxylic acids is 1. The molecule has 1 fully saturated rings. The van der Waals surface area contributed by atoms with E-state index in [4.69, 9.17) is 5.11 Å². The number of carboxylic acids is 1. The van der Waals surface area contributed by atoms with Crippen LogP contribution in [0, 0.1) is 5.82 Å². The summed E-state index contributed by atoms with van der Waals surface area (Å²) in [6.45, 7) is 2.67. The van der Waals surface area contributed by atoms with Crippen LogP contribution < -0.4 is 5.32 Å². The molecular formula is C17H23FN2O3S. The summed E-state index contributed by atoms with van der Waals surface area (Å²) >= 11 is 1.33. The van der Waals surface area contributed by atoms with Gasteiger partial charge in [0.15, 0.2) is 0 Å². The normalized spacial score (nSPS) is 19.8. The van der Waals surface area contributed by atoms with Crippen molar-refractivity contribution in [3.63, 3.8) is 0 Å². The zero-order valence-corrected chi connectivity index (χ0v) is 14.5. The molecule has 1 aliphatic rings. The Labute approximate surface area is 145 Å². The molecule has 0 aliphatic heterocycles. The van der Waals surface area contributed by atoms with Gasteiger partial charge >= 0.3 is 5.97 Å². The Morgan fingerprint density at radius 2 is 2.08 bits per heavy atom. The Bertz CT molecular complexity index is 579. The maximum atomic E-state index is 13.5. The van der Waals surface area contributed by atoms with Crippen LogP contribution in [0.2, 0.25) is 0 Å². The summed E-state index contributed by atoms with van der Waals surface area (Å²) in [4.78, 5) is 25.2. The van der Waals surface area contributed by atoms with E-state index in [-0.39, 0.29) is 30.4 Å². The van der Waals surface area contributed by atoms with Crippen LogP contribution in [-0.2, 0) is 9.59 Å². The zero-order valence-electron chi connectivity index (χ0n) is 13.7. The molecule has 0 bridgehead atoms. The van der Waals surface area contributed by atoms with Gasteiger partial charge in [-0.25, -0.2) is 4.39 Å². The van der Waals surface area contributed by atoms with Gasteiger partial charge in [-0.1, -0.05) is 19.1 Å². The maximum absolute atomic E-state index is 13.5. The average Bonchev–Trinajstić information content (AvgIpc) is 2.50. The van der Waals surface area contributed by atoms with Crippen molar-refractivity contribution in [2.24, 2.45) is 0 Å². The van der Waals surface area contributed by atoms with Crippen LogP contribution in [0.5, 0.6) is 0 Å². The minimum atomic E-state index is -0.825. The standard InChI is InChI=1S/C17H23FN2O3S/c1-2-20(11-17(22)23)13-9-12(10-13)19-16(21)7-8-24-15-6-4-3-5-14(15)18/h3-6,12-13H,2,7-11H2,1H3,(H,19,21)(H,22,23). The monoisotopic (exact) mass is 354 g/mol. The van der Waals surface area contributed by atoms with Crippen LogP contribution in [0.3, 0.4) is 0 Å². The predicted molar refractivity (Wildman–Crippen MR) is 91.6 cm³/mol. The van der Waals surface area contributed by atoms with E-state index in [0.717, 1.165) is 12.8 Å². The van der Waals surface area contributed by atoms with Crippen molar-refractivity contribution in [2.45, 2.75) is 43.2 Å². The van der Waals surface area contributed by atoms with Crippen LogP contribution in [0.15, 0.2) is 29.2 Å². The Morgan fingerprint density at radius 3 is 2.71 bits per heavy atom. The molecule has 24 heavy (non-hydrogen) atoms. The molecule has 1 aromatic carbocycles. The number of nitrogens with one attached hydrogen (secondary N) is 1. The van der Waals surface area contributed by atoms with Crippen molar-refractivity contribution < 1.29 is 19.1 Å². The van der Waals surface area contributed by atoms with Crippen LogP contribution in [0.1, 0.15) is 26.2 Å². The highest BCUT2D eigenvalue weighted by molar-refractivity contribution is 7.99. The molecule has 1 amide bonds. The first-order chi connectivity index (χ1) is 11.5. The molecule has 0 aromatic heterocycles. The SMILES string of the molecule is CCN(CC(=O)O)C1CC(NC(=O)CCSc2ccccc2F)C1. The minimum Gasteiger partial charge on any atom is -0.480 e. The number of nitrogens with zero attached hydrogens (tertiary/aromatic N) is 1. The van der Waals surface area contributed by atoms with E-state index in [1.807, 2.05) is 11.8 Å². The van der Waals surface area contributed by atoms with Gasteiger partial charge in [0.1, 0.15) is 5.82 Å². The summed E-state index contributed by atoms with van der Waals surface area (Å²) in [7, 11) is 0. The van der Waals surface area contributed by atoms with E-state index in [1.165, 1.54) is 17.8 Å². The maximum Gasteiger partial charge on any atom is 0.317 e. The quantitative estimate of drug-likeness (QED) is 0.666. The number of thioether (sulfide) groups is 1. The Balaban J connectivity index is 1.64. The van der Waals surface area contributed by atoms with Gasteiger partial charge in [0, 0.05) is 29.2 Å². The fourth-order valence-corrected chi connectivity index (χ4v) is 3.68. The first kappa shape index (κ1) is 18.7. The molecule has 1 saturated carbocycles. The topological polar surface area (TPSA) is 69.6 Å². The summed E-state index contributed by atoms with van der Waals surface area (Å²) in [5.41, 5.74) is 0. The molecule has 132 valence electrons. The molecule has 0 radical (unpaired) electrons. The van der Waals surface area contributed by atoms with Crippen LogP contribution >= 0.6 is 11.8 Å². The van der Waals surface area contributed by atoms with Crippen LogP contribution in [0.4, 0.5) is 4.39 Å². The third-order valence-corrected chi connectivity index (χ3v) is 5.21. The molecule has 7 heteroatoms. The molecule has 1 aliphatic carbocycles. The van der Waals surface area contributed by atoms with Gasteiger partial charge in [-0.2, -0.15) is 0 Å². The number of likely N-dealkylation sites (N-methyl/N-ethyl adjacent to an activating group) is 1. The highest BCUT2D eigenvalue weighted by Gasteiger charge is 2.34. The lowest BCUT2D eigenvalue weighted by Crippen LogP contribution is -2.54. The molecule has 0 saturated heterocycles. The van der Waals surface area contributed by atoms with Crippen molar-refractivity contribution in [2.75, 3.05) is 18.8 Å². The third kappa shape index (κ3) is 5.49. The number of halogens is 1. The first-order valence-electron chi connectivity index (χ1n) is 8.12. The van der Waals surface area contributed by atoms with Gasteiger partial charge in [0.2, 0.25) is 5.91 Å². The summed E-state index contributed by atoms with van der Waals surface area (Å²) in [5, 5.41) is 11.8. The van der Waals surface area contributed by atoms with E-state index in [1.54, 1.807) is 18.2 Å². The average molecular weight is 354 g/mol. The molecule has 0 spiro atoms. The van der Waals surface area contributed by atoms with Gasteiger partial charge in [-0.15, -0.1) is 11.8 Å². The van der Waals surface area contributed by atoms with Gasteiger partial charge in [-0.05, 0) is 31.5 Å². The minimum absolute atomic E-state index is 0.0384. The number of rotatable bonds is 9. The molecular weight excluding hydrogens is 331 g/mol. The van der Waals surface area contributed by atoms with Gasteiger partial charge in [0.25, 0.3) is 0 Å². The van der Waals surface area contributed by atoms with Crippen molar-refractivity contribution in [3.8, 4) is 0 Å². The van der Waals surface area contributed by atoms with Gasteiger partial charge in [-0.3, -0.25) is 14.5 Å².